The number of carbonyl (C=O) groups is 1. The minimum Gasteiger partial charge on any atom is -0.460 e. The Morgan fingerprint density at radius 3 is 2.91 bits per heavy atom. The van der Waals surface area contributed by atoms with Crippen LogP contribution >= 0.6 is 0 Å². The monoisotopic (exact) mass is 158 g/mol. The molecule has 64 valence electrons. The number of unbranched alkanes of at least 4 members (excludes halogenated alkanes) is 1. The van der Waals surface area contributed by atoms with E-state index in [1.165, 1.54) is 6.08 Å². The molecular weight excluding hydrogens is 144 g/mol. The minimum atomic E-state index is -0.382. The van der Waals surface area contributed by atoms with Crippen LogP contribution in [-0.4, -0.2) is 24.3 Å². The summed E-state index contributed by atoms with van der Waals surface area (Å²) in [4.78, 5) is 10.7. The van der Waals surface area contributed by atoms with Gasteiger partial charge in [0.15, 0.2) is 0 Å². The van der Waals surface area contributed by atoms with Gasteiger partial charge in [-0.25, -0.2) is 4.79 Å². The number of allylic oxidation sites excluding steroid dienone is 1. The van der Waals surface area contributed by atoms with Crippen molar-refractivity contribution in [1.82, 2.24) is 0 Å². The maximum atomic E-state index is 10.7. The second-order valence-electron chi connectivity index (χ2n) is 2.08. The summed E-state index contributed by atoms with van der Waals surface area (Å²) in [7, 11) is 0. The van der Waals surface area contributed by atoms with E-state index in [0.717, 1.165) is 12.8 Å². The molecule has 11 heavy (non-hydrogen) atoms. The number of aliphatic hydroxyl groups is 1. The lowest BCUT2D eigenvalue weighted by Gasteiger charge is -1.95. The van der Waals surface area contributed by atoms with Crippen LogP contribution in [0.15, 0.2) is 12.2 Å². The van der Waals surface area contributed by atoms with E-state index < -0.39 is 0 Å². The first kappa shape index (κ1) is 10.2. The first-order valence-electron chi connectivity index (χ1n) is 3.75. The van der Waals surface area contributed by atoms with Crippen molar-refractivity contribution < 1.29 is 14.6 Å². The molecule has 0 radical (unpaired) electrons. The standard InChI is InChI=1S/C8H14O3/c1-2-3-4-5-8(10)11-7-6-9/h4-5,9H,2-3,6-7H2,1H3/b5-4+. The van der Waals surface area contributed by atoms with Gasteiger partial charge in [-0.15, -0.1) is 0 Å². The number of rotatable bonds is 5. The molecule has 0 saturated heterocycles. The van der Waals surface area contributed by atoms with Crippen LogP contribution in [0.3, 0.4) is 0 Å². The molecule has 0 aromatic heterocycles. The lowest BCUT2D eigenvalue weighted by Crippen LogP contribution is -2.04. The fraction of sp³-hybridized carbons (Fsp3) is 0.625. The highest BCUT2D eigenvalue weighted by molar-refractivity contribution is 5.81. The van der Waals surface area contributed by atoms with E-state index >= 15 is 0 Å². The highest BCUT2D eigenvalue weighted by Gasteiger charge is 1.92. The van der Waals surface area contributed by atoms with Gasteiger partial charge in [0.2, 0.25) is 0 Å². The number of hydrogen-bond donors (Lipinski definition) is 1. The quantitative estimate of drug-likeness (QED) is 0.477. The summed E-state index contributed by atoms with van der Waals surface area (Å²) in [5.41, 5.74) is 0. The van der Waals surface area contributed by atoms with Gasteiger partial charge < -0.3 is 9.84 Å². The summed E-state index contributed by atoms with van der Waals surface area (Å²) in [6.45, 7) is 1.99. The second-order valence-corrected chi connectivity index (χ2v) is 2.08. The highest BCUT2D eigenvalue weighted by Crippen LogP contribution is 1.89. The zero-order valence-electron chi connectivity index (χ0n) is 6.75. The normalized spacial score (nSPS) is 10.4. The topological polar surface area (TPSA) is 46.5 Å². The average Bonchev–Trinajstić information content (AvgIpc) is 2.01. The molecule has 3 heteroatoms. The van der Waals surface area contributed by atoms with Crippen LogP contribution < -0.4 is 0 Å². The molecule has 0 atom stereocenters. The number of aliphatic hydroxyl groups excluding tert-OH is 1. The summed E-state index contributed by atoms with van der Waals surface area (Å²) in [6.07, 6.45) is 5.05. The first-order valence-corrected chi connectivity index (χ1v) is 3.75. The molecule has 0 spiro atoms. The fourth-order valence-corrected chi connectivity index (χ4v) is 0.541. The Morgan fingerprint density at radius 2 is 2.36 bits per heavy atom. The van der Waals surface area contributed by atoms with Gasteiger partial charge in [0.05, 0.1) is 6.61 Å². The van der Waals surface area contributed by atoms with Crippen LogP contribution in [-0.2, 0) is 9.53 Å². The Kier molecular flexibility index (Phi) is 6.73. The first-order chi connectivity index (χ1) is 5.31. The van der Waals surface area contributed by atoms with Crippen molar-refractivity contribution in [3.8, 4) is 0 Å². The van der Waals surface area contributed by atoms with Crippen LogP contribution in [0.25, 0.3) is 0 Å². The molecule has 0 unspecified atom stereocenters. The summed E-state index contributed by atoms with van der Waals surface area (Å²) in [6, 6.07) is 0. The highest BCUT2D eigenvalue weighted by atomic mass is 16.5. The molecule has 0 aromatic rings. The molecule has 0 amide bonds. The molecule has 0 aliphatic rings. The van der Waals surface area contributed by atoms with Crippen molar-refractivity contribution in [1.29, 1.82) is 0 Å². The maximum Gasteiger partial charge on any atom is 0.330 e. The third-order valence-electron chi connectivity index (χ3n) is 1.04. The largest absolute Gasteiger partial charge is 0.460 e. The Morgan fingerprint density at radius 1 is 1.64 bits per heavy atom. The molecular formula is C8H14O3. The molecule has 0 fully saturated rings. The number of hydrogen-bond acceptors (Lipinski definition) is 3. The van der Waals surface area contributed by atoms with Crippen molar-refractivity contribution in [2.75, 3.05) is 13.2 Å². The van der Waals surface area contributed by atoms with Gasteiger partial charge >= 0.3 is 5.97 Å². The third-order valence-corrected chi connectivity index (χ3v) is 1.04. The summed E-state index contributed by atoms with van der Waals surface area (Å²) in [5, 5.41) is 8.29. The van der Waals surface area contributed by atoms with E-state index in [2.05, 4.69) is 4.74 Å². The van der Waals surface area contributed by atoms with E-state index in [-0.39, 0.29) is 19.2 Å². The molecule has 1 N–H and O–H groups in total. The van der Waals surface area contributed by atoms with Gasteiger partial charge in [-0.2, -0.15) is 0 Å². The number of carbonyl (C=O) groups excluding carboxylic acids is 1. The smallest absolute Gasteiger partial charge is 0.330 e. The van der Waals surface area contributed by atoms with E-state index in [9.17, 15) is 4.79 Å². The lowest BCUT2D eigenvalue weighted by molar-refractivity contribution is -0.138. The minimum absolute atomic E-state index is 0.0787. The van der Waals surface area contributed by atoms with E-state index in [1.54, 1.807) is 6.08 Å². The van der Waals surface area contributed by atoms with E-state index in [1.807, 2.05) is 6.92 Å². The van der Waals surface area contributed by atoms with Crippen LogP contribution in [0, 0.1) is 0 Å². The van der Waals surface area contributed by atoms with Crippen LogP contribution in [0.4, 0.5) is 0 Å². The zero-order chi connectivity index (χ0) is 8.53. The third kappa shape index (κ3) is 7.06. The number of esters is 1. The van der Waals surface area contributed by atoms with Crippen molar-refractivity contribution in [2.24, 2.45) is 0 Å². The van der Waals surface area contributed by atoms with Gasteiger partial charge in [-0.3, -0.25) is 0 Å². The van der Waals surface area contributed by atoms with Gasteiger partial charge in [-0.1, -0.05) is 19.4 Å². The van der Waals surface area contributed by atoms with Crippen LogP contribution in [0.5, 0.6) is 0 Å². The van der Waals surface area contributed by atoms with Crippen LogP contribution in [0.2, 0.25) is 0 Å². The zero-order valence-corrected chi connectivity index (χ0v) is 6.75. The molecule has 0 aliphatic carbocycles. The molecule has 0 bridgehead atoms. The second kappa shape index (κ2) is 7.28. The molecule has 0 heterocycles. The summed E-state index contributed by atoms with van der Waals surface area (Å²) in [5.74, 6) is -0.382. The Hall–Kier alpha value is -0.830. The van der Waals surface area contributed by atoms with Crippen molar-refractivity contribution >= 4 is 5.97 Å². The Balaban J connectivity index is 3.35. The van der Waals surface area contributed by atoms with E-state index in [4.69, 9.17) is 5.11 Å². The van der Waals surface area contributed by atoms with Gasteiger partial charge in [0.25, 0.3) is 0 Å². The molecule has 0 aromatic carbocycles. The molecule has 0 aliphatic heterocycles. The summed E-state index contributed by atoms with van der Waals surface area (Å²) >= 11 is 0. The van der Waals surface area contributed by atoms with E-state index in [0.29, 0.717) is 0 Å². The Bertz CT molecular complexity index is 129. The van der Waals surface area contributed by atoms with Gasteiger partial charge in [-0.05, 0) is 6.42 Å². The molecule has 3 nitrogen and oxygen atoms in total. The van der Waals surface area contributed by atoms with Crippen LogP contribution in [0.1, 0.15) is 19.8 Å². The van der Waals surface area contributed by atoms with Gasteiger partial charge in [0, 0.05) is 6.08 Å². The maximum absolute atomic E-state index is 10.7. The average molecular weight is 158 g/mol. The molecule has 0 saturated carbocycles. The molecule has 0 rings (SSSR count). The van der Waals surface area contributed by atoms with Gasteiger partial charge in [0.1, 0.15) is 6.61 Å². The van der Waals surface area contributed by atoms with Crippen molar-refractivity contribution in [3.63, 3.8) is 0 Å². The fourth-order valence-electron chi connectivity index (χ4n) is 0.541. The number of ether oxygens (including phenoxy) is 1. The predicted octanol–water partition coefficient (Wildman–Crippen LogP) is 0.878. The Labute approximate surface area is 66.7 Å². The summed E-state index contributed by atoms with van der Waals surface area (Å²) < 4.78 is 4.56. The lowest BCUT2D eigenvalue weighted by atomic mass is 10.3. The van der Waals surface area contributed by atoms with Crippen molar-refractivity contribution in [3.05, 3.63) is 12.2 Å². The predicted molar refractivity (Wildman–Crippen MR) is 42.1 cm³/mol. The SMILES string of the molecule is CCC/C=C/C(=O)OCCO. The van der Waals surface area contributed by atoms with Crippen molar-refractivity contribution in [2.45, 2.75) is 19.8 Å².